The number of hydrogen-bond acceptors (Lipinski definition) is 5. The minimum Gasteiger partial charge on any atom is -0.492 e. The Balaban J connectivity index is 1.69. The van der Waals surface area contributed by atoms with Crippen molar-refractivity contribution >= 4 is 22.4 Å². The molecular formula is C25H24N4O3. The summed E-state index contributed by atoms with van der Waals surface area (Å²) in [5.74, 6) is 0.347. The van der Waals surface area contributed by atoms with Gasteiger partial charge in [-0.05, 0) is 42.8 Å². The van der Waals surface area contributed by atoms with Gasteiger partial charge in [0.15, 0.2) is 0 Å². The van der Waals surface area contributed by atoms with Crippen LogP contribution in [0.4, 0.5) is 5.69 Å². The number of ether oxygens (including phenoxy) is 1. The van der Waals surface area contributed by atoms with E-state index in [4.69, 9.17) is 4.74 Å². The zero-order chi connectivity index (χ0) is 22.5. The lowest BCUT2D eigenvalue weighted by molar-refractivity contribution is -0.119. The third-order valence-corrected chi connectivity index (χ3v) is 5.25. The Bertz CT molecular complexity index is 1300. The van der Waals surface area contributed by atoms with E-state index in [2.05, 4.69) is 10.1 Å². The van der Waals surface area contributed by atoms with Gasteiger partial charge in [-0.15, -0.1) is 0 Å². The van der Waals surface area contributed by atoms with E-state index in [-0.39, 0.29) is 18.0 Å². The maximum absolute atomic E-state index is 13.1. The predicted molar refractivity (Wildman–Crippen MR) is 124 cm³/mol. The molecule has 0 spiro atoms. The molecule has 162 valence electrons. The number of amides is 1. The molecule has 0 unspecified atom stereocenters. The van der Waals surface area contributed by atoms with Crippen LogP contribution in [0.5, 0.6) is 5.75 Å². The molecule has 0 saturated heterocycles. The molecule has 7 nitrogen and oxygen atoms in total. The molecule has 0 fully saturated rings. The van der Waals surface area contributed by atoms with Gasteiger partial charge in [0.05, 0.1) is 23.4 Å². The standard InChI is InChI=1S/C25H24N4O3/c1-3-32-23-11-7-6-10-22(23)28(2)24(30)17-29-25(31)20-9-5-4-8-19(20)21(27-29)16-18-12-14-26-15-13-18/h4-15H,3,16-17H2,1-2H3. The van der Waals surface area contributed by atoms with Gasteiger partial charge in [-0.3, -0.25) is 14.6 Å². The van der Waals surface area contributed by atoms with E-state index in [1.54, 1.807) is 25.5 Å². The van der Waals surface area contributed by atoms with Gasteiger partial charge in [0, 0.05) is 31.2 Å². The summed E-state index contributed by atoms with van der Waals surface area (Å²) in [6, 6.07) is 18.5. The third kappa shape index (κ3) is 4.37. The number of likely N-dealkylation sites (N-methyl/N-ethyl adjacent to an activating group) is 1. The SMILES string of the molecule is CCOc1ccccc1N(C)C(=O)Cn1nc(Cc2ccncc2)c2ccccc2c1=O. The lowest BCUT2D eigenvalue weighted by atomic mass is 10.1. The monoisotopic (exact) mass is 428 g/mol. The Labute approximate surface area is 185 Å². The Kier molecular flexibility index (Phi) is 6.26. The number of carbonyl (C=O) groups excluding carboxylic acids is 1. The van der Waals surface area contributed by atoms with Crippen molar-refractivity contribution < 1.29 is 9.53 Å². The summed E-state index contributed by atoms with van der Waals surface area (Å²) < 4.78 is 6.89. The van der Waals surface area contributed by atoms with Gasteiger partial charge in [0.1, 0.15) is 12.3 Å². The van der Waals surface area contributed by atoms with Crippen molar-refractivity contribution in [2.45, 2.75) is 19.9 Å². The number of fused-ring (bicyclic) bond motifs is 1. The highest BCUT2D eigenvalue weighted by Crippen LogP contribution is 2.27. The maximum Gasteiger partial charge on any atom is 0.275 e. The van der Waals surface area contributed by atoms with Crippen LogP contribution in [0, 0.1) is 0 Å². The van der Waals surface area contributed by atoms with Gasteiger partial charge >= 0.3 is 0 Å². The highest BCUT2D eigenvalue weighted by molar-refractivity contribution is 5.94. The molecule has 0 aliphatic carbocycles. The van der Waals surface area contributed by atoms with E-state index in [1.165, 1.54) is 9.58 Å². The lowest BCUT2D eigenvalue weighted by Gasteiger charge is -2.21. The van der Waals surface area contributed by atoms with Gasteiger partial charge in [-0.2, -0.15) is 5.10 Å². The number of para-hydroxylation sites is 2. The number of nitrogens with zero attached hydrogens (tertiary/aromatic N) is 4. The van der Waals surface area contributed by atoms with Crippen molar-refractivity contribution in [3.8, 4) is 5.75 Å². The number of rotatable bonds is 7. The molecule has 7 heteroatoms. The first-order valence-corrected chi connectivity index (χ1v) is 10.4. The second-order valence-corrected chi connectivity index (χ2v) is 7.34. The Morgan fingerprint density at radius 2 is 1.69 bits per heavy atom. The average Bonchev–Trinajstić information content (AvgIpc) is 2.83. The van der Waals surface area contributed by atoms with Crippen molar-refractivity contribution in [2.24, 2.45) is 0 Å². The van der Waals surface area contributed by atoms with E-state index in [0.717, 1.165) is 16.6 Å². The number of hydrogen-bond donors (Lipinski definition) is 0. The van der Waals surface area contributed by atoms with Crippen molar-refractivity contribution in [3.05, 3.63) is 94.7 Å². The van der Waals surface area contributed by atoms with Crippen molar-refractivity contribution in [1.29, 1.82) is 0 Å². The molecule has 0 aliphatic heterocycles. The van der Waals surface area contributed by atoms with Crippen molar-refractivity contribution in [1.82, 2.24) is 14.8 Å². The second kappa shape index (κ2) is 9.43. The number of aromatic nitrogens is 3. The number of benzene rings is 2. The number of carbonyl (C=O) groups is 1. The third-order valence-electron chi connectivity index (χ3n) is 5.25. The molecule has 4 aromatic rings. The zero-order valence-electron chi connectivity index (χ0n) is 18.1. The van der Waals surface area contributed by atoms with Gasteiger partial charge in [-0.25, -0.2) is 4.68 Å². The van der Waals surface area contributed by atoms with Gasteiger partial charge in [0.2, 0.25) is 5.91 Å². The van der Waals surface area contributed by atoms with Crippen LogP contribution in [-0.2, 0) is 17.8 Å². The van der Waals surface area contributed by atoms with Crippen LogP contribution in [0.3, 0.4) is 0 Å². The smallest absolute Gasteiger partial charge is 0.275 e. The van der Waals surface area contributed by atoms with Crippen molar-refractivity contribution in [3.63, 3.8) is 0 Å². The van der Waals surface area contributed by atoms with Crippen LogP contribution in [0.1, 0.15) is 18.2 Å². The fourth-order valence-corrected chi connectivity index (χ4v) is 3.62. The molecule has 2 aromatic heterocycles. The zero-order valence-corrected chi connectivity index (χ0v) is 18.1. The highest BCUT2D eigenvalue weighted by Gasteiger charge is 2.18. The summed E-state index contributed by atoms with van der Waals surface area (Å²) in [6.45, 7) is 2.20. The molecule has 0 bridgehead atoms. The Morgan fingerprint density at radius 3 is 2.44 bits per heavy atom. The molecule has 2 heterocycles. The van der Waals surface area contributed by atoms with Crippen molar-refractivity contribution in [2.75, 3.05) is 18.6 Å². The molecule has 0 N–H and O–H groups in total. The molecule has 0 atom stereocenters. The molecule has 4 rings (SSSR count). The molecule has 1 amide bonds. The highest BCUT2D eigenvalue weighted by atomic mass is 16.5. The van der Waals surface area contributed by atoms with Crippen LogP contribution < -0.4 is 15.2 Å². The van der Waals surface area contributed by atoms with Gasteiger partial charge in [-0.1, -0.05) is 30.3 Å². The molecule has 0 saturated carbocycles. The van der Waals surface area contributed by atoms with E-state index < -0.39 is 0 Å². The minimum atomic E-state index is -0.293. The predicted octanol–water partition coefficient (Wildman–Crippen LogP) is 3.44. The molecule has 32 heavy (non-hydrogen) atoms. The summed E-state index contributed by atoms with van der Waals surface area (Å²) in [4.78, 5) is 31.7. The molecular weight excluding hydrogens is 404 g/mol. The fraction of sp³-hybridized carbons (Fsp3) is 0.200. The first kappa shape index (κ1) is 21.2. The average molecular weight is 428 g/mol. The van der Waals surface area contributed by atoms with Gasteiger partial charge in [0.25, 0.3) is 5.56 Å². The number of pyridine rings is 1. The van der Waals surface area contributed by atoms with E-state index >= 15 is 0 Å². The largest absolute Gasteiger partial charge is 0.492 e. The molecule has 2 aromatic carbocycles. The first-order chi connectivity index (χ1) is 15.6. The van der Waals surface area contributed by atoms with Crippen LogP contribution in [0.25, 0.3) is 10.8 Å². The topological polar surface area (TPSA) is 77.3 Å². The molecule has 0 radical (unpaired) electrons. The Morgan fingerprint density at radius 1 is 1.00 bits per heavy atom. The molecule has 0 aliphatic rings. The Hall–Kier alpha value is -4.00. The van der Waals surface area contributed by atoms with Crippen LogP contribution in [-0.4, -0.2) is 34.3 Å². The maximum atomic E-state index is 13.1. The summed E-state index contributed by atoms with van der Waals surface area (Å²) >= 11 is 0. The van der Waals surface area contributed by atoms with Crippen LogP contribution in [0.2, 0.25) is 0 Å². The summed E-state index contributed by atoms with van der Waals surface area (Å²) in [5.41, 5.74) is 2.11. The van der Waals surface area contributed by atoms with Crippen LogP contribution in [0.15, 0.2) is 77.9 Å². The number of anilines is 1. The van der Waals surface area contributed by atoms with E-state index in [0.29, 0.717) is 29.9 Å². The minimum absolute atomic E-state index is 0.177. The van der Waals surface area contributed by atoms with E-state index in [1.807, 2.05) is 61.5 Å². The first-order valence-electron chi connectivity index (χ1n) is 10.4. The fourth-order valence-electron chi connectivity index (χ4n) is 3.62. The summed E-state index contributed by atoms with van der Waals surface area (Å²) in [7, 11) is 1.67. The quantitative estimate of drug-likeness (QED) is 0.451. The summed E-state index contributed by atoms with van der Waals surface area (Å²) in [6.07, 6.45) is 3.98. The normalized spacial score (nSPS) is 10.8. The lowest BCUT2D eigenvalue weighted by Crippen LogP contribution is -2.35. The van der Waals surface area contributed by atoms with E-state index in [9.17, 15) is 9.59 Å². The summed E-state index contributed by atoms with van der Waals surface area (Å²) in [5, 5.41) is 5.90. The van der Waals surface area contributed by atoms with Crippen LogP contribution >= 0.6 is 0 Å². The second-order valence-electron chi connectivity index (χ2n) is 7.34. The van der Waals surface area contributed by atoms with Gasteiger partial charge < -0.3 is 9.64 Å².